The Morgan fingerprint density at radius 1 is 1.62 bits per heavy atom. The van der Waals surface area contributed by atoms with Crippen molar-refractivity contribution in [2.45, 2.75) is 25.8 Å². The van der Waals surface area contributed by atoms with Gasteiger partial charge in [0.05, 0.1) is 25.2 Å². The van der Waals surface area contributed by atoms with Crippen LogP contribution in [-0.2, 0) is 9.53 Å². The van der Waals surface area contributed by atoms with Crippen LogP contribution in [0.1, 0.15) is 19.8 Å². The van der Waals surface area contributed by atoms with E-state index >= 15 is 0 Å². The molecule has 16 heavy (non-hydrogen) atoms. The lowest BCUT2D eigenvalue weighted by molar-refractivity contribution is -0.143. The Balaban J connectivity index is 2.51. The molecule has 0 spiro atoms. The van der Waals surface area contributed by atoms with Crippen LogP contribution >= 0.6 is 0 Å². The molecule has 90 valence electrons. The minimum atomic E-state index is -0.791. The number of ether oxygens (including phenoxy) is 1. The fourth-order valence-corrected chi connectivity index (χ4v) is 2.06. The number of likely N-dealkylation sites (N-methyl/N-ethyl adjacent to an activating group) is 1. The Kier molecular flexibility index (Phi) is 5.23. The highest BCUT2D eigenvalue weighted by Crippen LogP contribution is 2.20. The average Bonchev–Trinajstić information content (AvgIpc) is 2.73. The number of carboxylic acids is 1. The summed E-state index contributed by atoms with van der Waals surface area (Å²) in [6.45, 7) is 4.35. The maximum atomic E-state index is 11.0. The summed E-state index contributed by atoms with van der Waals surface area (Å²) in [4.78, 5) is 13.1. The second kappa shape index (κ2) is 6.46. The third-order valence-corrected chi connectivity index (χ3v) is 2.98. The zero-order chi connectivity index (χ0) is 12.0. The van der Waals surface area contributed by atoms with Gasteiger partial charge in [-0.2, -0.15) is 5.26 Å². The third-order valence-electron chi connectivity index (χ3n) is 2.98. The van der Waals surface area contributed by atoms with Gasteiger partial charge < -0.3 is 9.84 Å². The lowest BCUT2D eigenvalue weighted by atomic mass is 10.0. The number of carbonyl (C=O) groups is 1. The maximum Gasteiger partial charge on any atom is 0.310 e. The van der Waals surface area contributed by atoms with Crippen LogP contribution in [0.25, 0.3) is 0 Å². The van der Waals surface area contributed by atoms with E-state index in [9.17, 15) is 4.79 Å². The van der Waals surface area contributed by atoms with Crippen LogP contribution in [0.3, 0.4) is 0 Å². The first kappa shape index (κ1) is 12.9. The molecular weight excluding hydrogens is 208 g/mol. The number of carboxylic acid groups (broad SMARTS) is 1. The van der Waals surface area contributed by atoms with E-state index in [0.717, 1.165) is 19.5 Å². The number of rotatable bonds is 6. The van der Waals surface area contributed by atoms with Gasteiger partial charge in [-0.25, -0.2) is 0 Å². The van der Waals surface area contributed by atoms with Crippen molar-refractivity contribution in [2.24, 2.45) is 5.92 Å². The van der Waals surface area contributed by atoms with Gasteiger partial charge in [0.15, 0.2) is 0 Å². The molecule has 5 heteroatoms. The molecule has 5 nitrogen and oxygen atoms in total. The molecule has 1 fully saturated rings. The summed E-state index contributed by atoms with van der Waals surface area (Å²) >= 11 is 0. The molecule has 1 heterocycles. The van der Waals surface area contributed by atoms with Crippen molar-refractivity contribution >= 4 is 5.97 Å². The van der Waals surface area contributed by atoms with Crippen LogP contribution in [0.4, 0.5) is 0 Å². The Hall–Kier alpha value is -1.12. The van der Waals surface area contributed by atoms with Gasteiger partial charge in [-0.15, -0.1) is 0 Å². The van der Waals surface area contributed by atoms with Gasteiger partial charge in [0, 0.05) is 12.5 Å². The Morgan fingerprint density at radius 3 is 2.94 bits per heavy atom. The smallest absolute Gasteiger partial charge is 0.310 e. The molecule has 1 N–H and O–H groups in total. The second-order valence-corrected chi connectivity index (χ2v) is 3.94. The number of hydrogen-bond acceptors (Lipinski definition) is 4. The minimum absolute atomic E-state index is 0.0406. The molecule has 0 aliphatic carbocycles. The number of unbranched alkanes of at least 4 members (excludes halogenated alkanes) is 1. The summed E-state index contributed by atoms with van der Waals surface area (Å²) in [6.07, 6.45) is 1.30. The summed E-state index contributed by atoms with van der Waals surface area (Å²) in [5, 5.41) is 17.5. The number of nitrogens with zero attached hydrogens (tertiary/aromatic N) is 2. The summed E-state index contributed by atoms with van der Waals surface area (Å²) in [7, 11) is 0. The molecule has 0 saturated carbocycles. The van der Waals surface area contributed by atoms with Crippen molar-refractivity contribution in [1.82, 2.24) is 4.90 Å². The fraction of sp³-hybridized carbons (Fsp3) is 0.818. The minimum Gasteiger partial charge on any atom is -0.481 e. The lowest BCUT2D eigenvalue weighted by Crippen LogP contribution is -2.43. The topological polar surface area (TPSA) is 73.6 Å². The highest BCUT2D eigenvalue weighted by Gasteiger charge is 2.37. The van der Waals surface area contributed by atoms with E-state index in [4.69, 9.17) is 15.1 Å². The first-order chi connectivity index (χ1) is 7.70. The van der Waals surface area contributed by atoms with Gasteiger partial charge in [-0.1, -0.05) is 6.92 Å². The van der Waals surface area contributed by atoms with E-state index in [0.29, 0.717) is 19.6 Å². The van der Waals surface area contributed by atoms with Crippen molar-refractivity contribution < 1.29 is 14.6 Å². The quantitative estimate of drug-likeness (QED) is 0.675. The fourth-order valence-electron chi connectivity index (χ4n) is 2.06. The van der Waals surface area contributed by atoms with E-state index < -0.39 is 11.9 Å². The van der Waals surface area contributed by atoms with Crippen LogP contribution in [0.2, 0.25) is 0 Å². The highest BCUT2D eigenvalue weighted by atomic mass is 16.5. The van der Waals surface area contributed by atoms with Crippen molar-refractivity contribution in [3.8, 4) is 6.07 Å². The zero-order valence-electron chi connectivity index (χ0n) is 9.56. The number of aliphatic carboxylic acids is 1. The van der Waals surface area contributed by atoms with Crippen molar-refractivity contribution in [1.29, 1.82) is 5.26 Å². The van der Waals surface area contributed by atoms with E-state index in [2.05, 4.69) is 11.0 Å². The van der Waals surface area contributed by atoms with Crippen LogP contribution in [-0.4, -0.2) is 48.3 Å². The molecule has 1 rings (SSSR count). The predicted molar refractivity (Wildman–Crippen MR) is 57.8 cm³/mol. The zero-order valence-corrected chi connectivity index (χ0v) is 9.56. The molecule has 0 amide bonds. The molecule has 0 bridgehead atoms. The SMILES string of the molecule is CCN(CCCC#N)C1COCC1C(=O)O. The Morgan fingerprint density at radius 2 is 2.38 bits per heavy atom. The average molecular weight is 226 g/mol. The summed E-state index contributed by atoms with van der Waals surface area (Å²) in [6, 6.07) is 2.06. The second-order valence-electron chi connectivity index (χ2n) is 3.94. The highest BCUT2D eigenvalue weighted by molar-refractivity contribution is 5.71. The Labute approximate surface area is 95.6 Å². The first-order valence-electron chi connectivity index (χ1n) is 5.62. The molecule has 2 atom stereocenters. The molecular formula is C11H18N2O3. The monoisotopic (exact) mass is 226 g/mol. The van der Waals surface area contributed by atoms with E-state index in [1.807, 2.05) is 6.92 Å². The molecule has 1 aliphatic heterocycles. The van der Waals surface area contributed by atoms with Crippen LogP contribution in [0.5, 0.6) is 0 Å². The number of hydrogen-bond donors (Lipinski definition) is 1. The van der Waals surface area contributed by atoms with Crippen molar-refractivity contribution in [2.75, 3.05) is 26.3 Å². The van der Waals surface area contributed by atoms with Crippen molar-refractivity contribution in [3.63, 3.8) is 0 Å². The van der Waals surface area contributed by atoms with Gasteiger partial charge in [-0.05, 0) is 19.5 Å². The molecule has 0 aromatic heterocycles. The van der Waals surface area contributed by atoms with Gasteiger partial charge in [0.1, 0.15) is 0 Å². The molecule has 1 saturated heterocycles. The van der Waals surface area contributed by atoms with Gasteiger partial charge in [0.2, 0.25) is 0 Å². The molecule has 0 aromatic carbocycles. The van der Waals surface area contributed by atoms with Gasteiger partial charge in [-0.3, -0.25) is 9.69 Å². The van der Waals surface area contributed by atoms with Crippen LogP contribution < -0.4 is 0 Å². The summed E-state index contributed by atoms with van der Waals surface area (Å²) < 4.78 is 5.23. The van der Waals surface area contributed by atoms with Crippen LogP contribution in [0, 0.1) is 17.2 Å². The third kappa shape index (κ3) is 3.19. The lowest BCUT2D eigenvalue weighted by Gasteiger charge is -2.28. The normalized spacial score (nSPS) is 24.6. The Bertz CT molecular complexity index is 275. The molecule has 0 radical (unpaired) electrons. The van der Waals surface area contributed by atoms with Gasteiger partial charge in [0.25, 0.3) is 0 Å². The largest absolute Gasteiger partial charge is 0.481 e. The van der Waals surface area contributed by atoms with E-state index in [-0.39, 0.29) is 6.04 Å². The maximum absolute atomic E-state index is 11.0. The number of nitriles is 1. The predicted octanol–water partition coefficient (Wildman–Crippen LogP) is 0.712. The molecule has 1 aliphatic rings. The van der Waals surface area contributed by atoms with E-state index in [1.54, 1.807) is 0 Å². The molecule has 0 aromatic rings. The molecule has 2 unspecified atom stereocenters. The van der Waals surface area contributed by atoms with Gasteiger partial charge >= 0.3 is 5.97 Å². The van der Waals surface area contributed by atoms with Crippen LogP contribution in [0.15, 0.2) is 0 Å². The summed E-state index contributed by atoms with van der Waals surface area (Å²) in [5.41, 5.74) is 0. The first-order valence-corrected chi connectivity index (χ1v) is 5.62. The summed E-state index contributed by atoms with van der Waals surface area (Å²) in [5.74, 6) is -1.22. The van der Waals surface area contributed by atoms with Crippen molar-refractivity contribution in [3.05, 3.63) is 0 Å². The standard InChI is InChI=1S/C11H18N2O3/c1-2-13(6-4-3-5-12)10-8-16-7-9(10)11(14)15/h9-10H,2-4,6-8H2,1H3,(H,14,15). The van der Waals surface area contributed by atoms with E-state index in [1.165, 1.54) is 0 Å².